The summed E-state index contributed by atoms with van der Waals surface area (Å²) in [5, 5.41) is 0.875. The first-order valence-electron chi connectivity index (χ1n) is 3.94. The van der Waals surface area contributed by atoms with Gasteiger partial charge in [-0.25, -0.2) is 0 Å². The van der Waals surface area contributed by atoms with Crippen LogP contribution in [-0.4, -0.2) is 5.78 Å². The first-order valence-corrected chi connectivity index (χ1v) is 4.70. The Hall–Kier alpha value is -0.990. The van der Waals surface area contributed by atoms with Gasteiger partial charge in [0.25, 0.3) is 0 Å². The molecular weight excluding hydrogens is 221 g/mol. The van der Waals surface area contributed by atoms with E-state index in [1.54, 1.807) is 18.2 Å². The summed E-state index contributed by atoms with van der Waals surface area (Å²) in [5.74, 6) is -0.140. The molecule has 0 saturated heterocycles. The highest BCUT2D eigenvalue weighted by atomic mass is 35.5. The Morgan fingerprint density at radius 1 is 1.36 bits per heavy atom. The largest absolute Gasteiger partial charge is 0.398 e. The normalized spacial score (nSPS) is 11.5. The van der Waals surface area contributed by atoms with Gasteiger partial charge < -0.3 is 5.73 Å². The number of ketones is 1. The Balaban J connectivity index is 3.25. The van der Waals surface area contributed by atoms with Crippen LogP contribution in [0.2, 0.25) is 10.0 Å². The minimum absolute atomic E-state index is 0.140. The summed E-state index contributed by atoms with van der Waals surface area (Å²) in [6, 6.07) is 5.06. The first-order chi connectivity index (χ1) is 6.52. The second kappa shape index (κ2) is 4.49. The van der Waals surface area contributed by atoms with Crippen molar-refractivity contribution in [3.63, 3.8) is 0 Å². The van der Waals surface area contributed by atoms with Crippen LogP contribution in [0, 0.1) is 0 Å². The third kappa shape index (κ3) is 2.50. The monoisotopic (exact) mass is 229 g/mol. The molecule has 0 aliphatic heterocycles. The van der Waals surface area contributed by atoms with Gasteiger partial charge in [-0.1, -0.05) is 29.3 Å². The van der Waals surface area contributed by atoms with E-state index in [0.717, 1.165) is 0 Å². The average molecular weight is 230 g/mol. The molecule has 0 spiro atoms. The summed E-state index contributed by atoms with van der Waals surface area (Å²) in [4.78, 5) is 10.8. The number of hydrogen-bond donors (Lipinski definition) is 1. The van der Waals surface area contributed by atoms with Gasteiger partial charge in [0, 0.05) is 17.3 Å². The maximum atomic E-state index is 10.8. The summed E-state index contributed by atoms with van der Waals surface area (Å²) in [6.45, 7) is 1.41. The molecule has 0 heterocycles. The zero-order valence-corrected chi connectivity index (χ0v) is 9.06. The maximum Gasteiger partial charge on any atom is 0.154 e. The zero-order valence-electron chi connectivity index (χ0n) is 7.55. The first kappa shape index (κ1) is 11.1. The number of carbonyl (C=O) groups is 1. The molecule has 0 aromatic heterocycles. The lowest BCUT2D eigenvalue weighted by molar-refractivity contribution is -0.112. The third-order valence-corrected chi connectivity index (χ3v) is 2.24. The number of benzene rings is 1. The van der Waals surface area contributed by atoms with E-state index < -0.39 is 0 Å². The number of halogens is 2. The summed E-state index contributed by atoms with van der Waals surface area (Å²) in [5.41, 5.74) is 6.46. The Morgan fingerprint density at radius 2 is 1.86 bits per heavy atom. The number of allylic oxidation sites excluding steroid dienone is 1. The van der Waals surface area contributed by atoms with E-state index in [9.17, 15) is 4.79 Å². The lowest BCUT2D eigenvalue weighted by Crippen LogP contribution is -2.00. The Kier molecular flexibility index (Phi) is 3.55. The fourth-order valence-corrected chi connectivity index (χ4v) is 1.68. The van der Waals surface area contributed by atoms with Crippen molar-refractivity contribution in [2.24, 2.45) is 5.73 Å². The van der Waals surface area contributed by atoms with Crippen LogP contribution in [0.3, 0.4) is 0 Å². The Labute approximate surface area is 92.3 Å². The van der Waals surface area contributed by atoms with Gasteiger partial charge >= 0.3 is 0 Å². The second-order valence-electron chi connectivity index (χ2n) is 2.81. The molecule has 0 unspecified atom stereocenters. The van der Waals surface area contributed by atoms with Crippen molar-refractivity contribution in [2.75, 3.05) is 0 Å². The van der Waals surface area contributed by atoms with E-state index in [-0.39, 0.29) is 11.5 Å². The van der Waals surface area contributed by atoms with Gasteiger partial charge in [-0.05, 0) is 19.1 Å². The lowest BCUT2D eigenvalue weighted by atomic mass is 10.1. The predicted octanol–water partition coefficient (Wildman–Crippen LogP) is 2.88. The van der Waals surface area contributed by atoms with Gasteiger partial charge in [0.1, 0.15) is 0 Å². The van der Waals surface area contributed by atoms with Crippen LogP contribution in [0.25, 0.3) is 5.70 Å². The molecule has 0 saturated carbocycles. The number of carbonyl (C=O) groups excluding carboxylic acids is 1. The van der Waals surface area contributed by atoms with Crippen molar-refractivity contribution in [1.29, 1.82) is 0 Å². The van der Waals surface area contributed by atoms with Gasteiger partial charge in [-0.15, -0.1) is 0 Å². The number of rotatable bonds is 2. The van der Waals surface area contributed by atoms with Crippen molar-refractivity contribution in [1.82, 2.24) is 0 Å². The summed E-state index contributed by atoms with van der Waals surface area (Å²) in [7, 11) is 0. The van der Waals surface area contributed by atoms with Gasteiger partial charge in [0.05, 0.1) is 10.0 Å². The standard InChI is InChI=1S/C10H9Cl2NO/c1-6(14)5-9(13)10-7(11)3-2-4-8(10)12/h2-5H,13H2,1H3/b9-5-. The fraction of sp³-hybridized carbons (Fsp3) is 0.100. The second-order valence-corrected chi connectivity index (χ2v) is 3.62. The van der Waals surface area contributed by atoms with Crippen LogP contribution in [0.15, 0.2) is 24.3 Å². The fourth-order valence-electron chi connectivity index (χ4n) is 1.06. The highest BCUT2D eigenvalue weighted by molar-refractivity contribution is 6.37. The molecule has 2 N–H and O–H groups in total. The Bertz CT molecular complexity index is 379. The van der Waals surface area contributed by atoms with E-state index in [4.69, 9.17) is 28.9 Å². The van der Waals surface area contributed by atoms with Crippen LogP contribution >= 0.6 is 23.2 Å². The highest BCUT2D eigenvalue weighted by Crippen LogP contribution is 2.28. The molecule has 14 heavy (non-hydrogen) atoms. The molecule has 0 radical (unpaired) electrons. The van der Waals surface area contributed by atoms with Gasteiger partial charge in [0.15, 0.2) is 5.78 Å². The molecule has 0 aliphatic rings. The summed E-state index contributed by atoms with van der Waals surface area (Å²) in [6.07, 6.45) is 1.30. The van der Waals surface area contributed by atoms with E-state index in [2.05, 4.69) is 0 Å². The third-order valence-electron chi connectivity index (χ3n) is 1.61. The topological polar surface area (TPSA) is 43.1 Å². The molecule has 1 rings (SSSR count). The molecule has 1 aromatic carbocycles. The van der Waals surface area contributed by atoms with Crippen LogP contribution in [0.5, 0.6) is 0 Å². The molecular formula is C10H9Cl2NO. The Morgan fingerprint density at radius 3 is 2.29 bits per heavy atom. The predicted molar refractivity (Wildman–Crippen MR) is 59.3 cm³/mol. The SMILES string of the molecule is CC(=O)/C=C(\N)c1c(Cl)cccc1Cl. The van der Waals surface area contributed by atoms with Crippen LogP contribution in [0.4, 0.5) is 0 Å². The van der Waals surface area contributed by atoms with E-state index in [1.165, 1.54) is 13.0 Å². The van der Waals surface area contributed by atoms with E-state index in [0.29, 0.717) is 15.6 Å². The molecule has 2 nitrogen and oxygen atoms in total. The summed E-state index contributed by atoms with van der Waals surface area (Å²) >= 11 is 11.8. The number of nitrogens with two attached hydrogens (primary N) is 1. The quantitative estimate of drug-likeness (QED) is 0.793. The maximum absolute atomic E-state index is 10.8. The zero-order chi connectivity index (χ0) is 10.7. The molecule has 0 amide bonds. The van der Waals surface area contributed by atoms with Crippen LogP contribution in [-0.2, 0) is 4.79 Å². The minimum Gasteiger partial charge on any atom is -0.398 e. The summed E-state index contributed by atoms with van der Waals surface area (Å²) < 4.78 is 0. The molecule has 1 aromatic rings. The molecule has 4 heteroatoms. The van der Waals surface area contributed by atoms with Crippen molar-refractivity contribution in [3.05, 3.63) is 39.9 Å². The van der Waals surface area contributed by atoms with Gasteiger partial charge in [-0.2, -0.15) is 0 Å². The molecule has 74 valence electrons. The van der Waals surface area contributed by atoms with Crippen molar-refractivity contribution in [2.45, 2.75) is 6.92 Å². The van der Waals surface area contributed by atoms with Crippen molar-refractivity contribution < 1.29 is 4.79 Å². The number of hydrogen-bond acceptors (Lipinski definition) is 2. The molecule has 0 atom stereocenters. The molecule has 0 fully saturated rings. The van der Waals surface area contributed by atoms with Crippen LogP contribution < -0.4 is 5.73 Å². The van der Waals surface area contributed by atoms with Crippen molar-refractivity contribution >= 4 is 34.7 Å². The van der Waals surface area contributed by atoms with Gasteiger partial charge in [0.2, 0.25) is 0 Å². The van der Waals surface area contributed by atoms with Crippen LogP contribution in [0.1, 0.15) is 12.5 Å². The smallest absolute Gasteiger partial charge is 0.154 e. The lowest BCUT2D eigenvalue weighted by Gasteiger charge is -2.05. The molecule has 0 bridgehead atoms. The van der Waals surface area contributed by atoms with Gasteiger partial charge in [-0.3, -0.25) is 4.79 Å². The van der Waals surface area contributed by atoms with Crippen molar-refractivity contribution in [3.8, 4) is 0 Å². The molecule has 0 aliphatic carbocycles. The average Bonchev–Trinajstić information content (AvgIpc) is 2.01. The minimum atomic E-state index is -0.140. The van der Waals surface area contributed by atoms with E-state index in [1.807, 2.05) is 0 Å². The van der Waals surface area contributed by atoms with E-state index >= 15 is 0 Å². The highest BCUT2D eigenvalue weighted by Gasteiger charge is 2.08.